The van der Waals surface area contributed by atoms with E-state index in [0.717, 1.165) is 5.56 Å². The Kier molecular flexibility index (Phi) is 10.6. The molecule has 0 spiro atoms. The lowest BCUT2D eigenvalue weighted by molar-refractivity contribution is -0.122. The van der Waals surface area contributed by atoms with E-state index in [9.17, 15) is 23.9 Å². The van der Waals surface area contributed by atoms with Gasteiger partial charge in [-0.15, -0.1) is 0 Å². The number of aromatic nitrogens is 1. The molecule has 0 saturated carbocycles. The number of carbonyl (C=O) groups excluding carboxylic acids is 2. The molecule has 0 bridgehead atoms. The van der Waals surface area contributed by atoms with Crippen molar-refractivity contribution >= 4 is 23.6 Å². The molecule has 262 valence electrons. The molecule has 3 aliphatic heterocycles. The fourth-order valence-corrected chi connectivity index (χ4v) is 6.88. The maximum atomic E-state index is 14.4. The van der Waals surface area contributed by atoms with Crippen LogP contribution >= 0.6 is 0 Å². The van der Waals surface area contributed by atoms with Crippen molar-refractivity contribution in [2.45, 2.75) is 90.6 Å². The third-order valence-corrected chi connectivity index (χ3v) is 9.30. The number of carbonyl (C=O) groups is 3. The Balaban J connectivity index is 1.46. The van der Waals surface area contributed by atoms with Gasteiger partial charge in [-0.3, -0.25) is 19.4 Å². The molecule has 13 heteroatoms. The van der Waals surface area contributed by atoms with Crippen LogP contribution in [0.1, 0.15) is 70.1 Å². The van der Waals surface area contributed by atoms with Crippen molar-refractivity contribution in [3.8, 4) is 5.88 Å². The first-order valence-electron chi connectivity index (χ1n) is 16.7. The van der Waals surface area contributed by atoms with Gasteiger partial charge in [-0.1, -0.05) is 12.1 Å². The number of ether oxygens (including phenoxy) is 2. The minimum absolute atomic E-state index is 0.0684. The highest BCUT2D eigenvalue weighted by molar-refractivity contribution is 5.99. The van der Waals surface area contributed by atoms with E-state index in [1.165, 1.54) is 17.0 Å². The fourth-order valence-electron chi connectivity index (χ4n) is 6.88. The Hall–Kier alpha value is -3.81. The average Bonchev–Trinajstić information content (AvgIpc) is 2.99. The summed E-state index contributed by atoms with van der Waals surface area (Å²) in [6.07, 6.45) is -0.681. The molecule has 0 radical (unpaired) electrons. The lowest BCUT2D eigenvalue weighted by Crippen LogP contribution is -2.65. The Bertz CT molecular complexity index is 1490. The van der Waals surface area contributed by atoms with Crippen molar-refractivity contribution in [3.05, 3.63) is 53.0 Å². The van der Waals surface area contributed by atoms with E-state index >= 15 is 0 Å². The van der Waals surface area contributed by atoms with Gasteiger partial charge in [0.15, 0.2) is 0 Å². The first kappa shape index (κ1) is 35.5. The smallest absolute Gasteiger partial charge is 0.407 e. The zero-order chi connectivity index (χ0) is 34.9. The predicted octanol–water partition coefficient (Wildman–Crippen LogP) is 3.62. The average molecular weight is 669 g/mol. The van der Waals surface area contributed by atoms with Crippen molar-refractivity contribution in [1.82, 2.24) is 25.0 Å². The maximum absolute atomic E-state index is 14.4. The number of rotatable bonds is 7. The molecule has 2 N–H and O–H groups in total. The van der Waals surface area contributed by atoms with E-state index in [1.54, 1.807) is 23.1 Å². The third kappa shape index (κ3) is 8.07. The highest BCUT2D eigenvalue weighted by atomic mass is 19.1. The van der Waals surface area contributed by atoms with Gasteiger partial charge >= 0.3 is 6.09 Å². The highest BCUT2D eigenvalue weighted by Gasteiger charge is 2.40. The molecule has 4 heterocycles. The van der Waals surface area contributed by atoms with Crippen molar-refractivity contribution in [2.24, 2.45) is 0 Å². The van der Waals surface area contributed by atoms with Crippen LogP contribution in [0.5, 0.6) is 5.88 Å². The van der Waals surface area contributed by atoms with E-state index in [-0.39, 0.29) is 85.5 Å². The first-order valence-corrected chi connectivity index (χ1v) is 16.7. The summed E-state index contributed by atoms with van der Waals surface area (Å²) in [6.45, 7) is 16.4. The molecule has 2 saturated heterocycles. The number of morpholine rings is 1. The highest BCUT2D eigenvalue weighted by Crippen LogP contribution is 2.36. The topological polar surface area (TPSA) is 128 Å². The van der Waals surface area contributed by atoms with Crippen LogP contribution in [0.2, 0.25) is 0 Å². The number of anilines is 1. The lowest BCUT2D eigenvalue weighted by Gasteiger charge is -2.48. The van der Waals surface area contributed by atoms with E-state index in [2.05, 4.69) is 33.9 Å². The summed E-state index contributed by atoms with van der Waals surface area (Å²) >= 11 is 0. The Labute approximate surface area is 282 Å². The van der Waals surface area contributed by atoms with Crippen LogP contribution in [0.15, 0.2) is 30.3 Å². The molecule has 1 aromatic carbocycles. The molecule has 48 heavy (non-hydrogen) atoms. The molecule has 3 aliphatic rings. The second kappa shape index (κ2) is 14.4. The zero-order valence-corrected chi connectivity index (χ0v) is 29.0. The zero-order valence-electron chi connectivity index (χ0n) is 29.0. The lowest BCUT2D eigenvalue weighted by atomic mass is 10.0. The summed E-state index contributed by atoms with van der Waals surface area (Å²) in [7, 11) is 0. The van der Waals surface area contributed by atoms with E-state index in [1.807, 2.05) is 34.6 Å². The Morgan fingerprint density at radius 2 is 1.65 bits per heavy atom. The molecule has 3 amide bonds. The number of hydrogen-bond donors (Lipinski definition) is 2. The molecule has 5 rings (SSSR count). The van der Waals surface area contributed by atoms with Gasteiger partial charge in [0.2, 0.25) is 11.8 Å². The van der Waals surface area contributed by atoms with Crippen molar-refractivity contribution < 1.29 is 33.4 Å². The quantitative estimate of drug-likeness (QED) is 0.455. The number of halogens is 1. The van der Waals surface area contributed by atoms with Crippen molar-refractivity contribution in [3.63, 3.8) is 0 Å². The molecule has 1 aromatic heterocycles. The molecule has 5 atom stereocenters. The molecule has 2 aromatic rings. The number of fused-ring (bicyclic) bond motifs is 1. The van der Waals surface area contributed by atoms with Crippen LogP contribution < -0.4 is 15.0 Å². The number of pyridine rings is 1. The van der Waals surface area contributed by atoms with Gasteiger partial charge in [0, 0.05) is 49.3 Å². The van der Waals surface area contributed by atoms with Crippen LogP contribution in [0.4, 0.5) is 14.9 Å². The summed E-state index contributed by atoms with van der Waals surface area (Å²) < 4.78 is 25.5. The number of benzene rings is 1. The van der Waals surface area contributed by atoms with E-state index in [4.69, 9.17) is 9.47 Å². The monoisotopic (exact) mass is 668 g/mol. The van der Waals surface area contributed by atoms with Crippen molar-refractivity contribution in [1.29, 1.82) is 0 Å². The standard InChI is InChI=1S/C35H49FN6O6/c1-21-14-39(28(16-41(21)34(45)46)15-40-22(2)18-47-19-23(40)3)17-30(43)42-24(4)20-48-33-29(42)13-26(12-25-8-10-27(36)11-9-25)31(37-33)32(44)38-35(5,6)7/h8-11,13,21-24,28H,12,14-20H2,1-7H3,(H,38,44)(H,45,46)/t21-,22-,23-,24?,28+/m1/s1. The largest absolute Gasteiger partial charge is 0.474 e. The molecule has 12 nitrogen and oxygen atoms in total. The minimum atomic E-state index is -0.969. The summed E-state index contributed by atoms with van der Waals surface area (Å²) in [5.41, 5.74) is 1.49. The molecular formula is C35H49FN6O6. The first-order chi connectivity index (χ1) is 22.6. The number of hydrogen-bond acceptors (Lipinski definition) is 8. The van der Waals surface area contributed by atoms with Gasteiger partial charge in [-0.2, -0.15) is 0 Å². The summed E-state index contributed by atoms with van der Waals surface area (Å²) in [5.74, 6) is -0.707. The Morgan fingerprint density at radius 3 is 2.27 bits per heavy atom. The SMILES string of the molecule is CC1COc2nc(C(=O)NC(C)(C)C)c(Cc3ccc(F)cc3)cc2N1C(=O)CN1C[C@@H](C)N(C(=O)O)C[C@@H]1CN1[C@H](C)COC[C@H]1C. The number of amides is 3. The van der Waals surface area contributed by atoms with Crippen LogP contribution in [-0.2, 0) is 16.0 Å². The van der Waals surface area contributed by atoms with Gasteiger partial charge in [0.05, 0.1) is 25.8 Å². The molecular weight excluding hydrogens is 619 g/mol. The predicted molar refractivity (Wildman–Crippen MR) is 179 cm³/mol. The fraction of sp³-hybridized carbons (Fsp3) is 0.600. The number of carboxylic acid groups (broad SMARTS) is 1. The van der Waals surface area contributed by atoms with Crippen molar-refractivity contribution in [2.75, 3.05) is 50.9 Å². The maximum Gasteiger partial charge on any atom is 0.407 e. The molecule has 2 fully saturated rings. The summed E-state index contributed by atoms with van der Waals surface area (Å²) in [4.78, 5) is 52.2. The molecule has 0 aliphatic carbocycles. The number of nitrogens with one attached hydrogen (secondary N) is 1. The second-order valence-electron chi connectivity index (χ2n) is 14.6. The normalized spacial score (nSPS) is 25.3. The number of nitrogens with zero attached hydrogens (tertiary/aromatic N) is 5. The summed E-state index contributed by atoms with van der Waals surface area (Å²) in [5, 5.41) is 12.9. The van der Waals surface area contributed by atoms with Gasteiger partial charge in [0.25, 0.3) is 5.91 Å². The van der Waals surface area contributed by atoms with E-state index in [0.29, 0.717) is 37.6 Å². The van der Waals surface area contributed by atoms with Gasteiger partial charge in [-0.25, -0.2) is 14.2 Å². The van der Waals surface area contributed by atoms with Gasteiger partial charge in [0.1, 0.15) is 23.8 Å². The van der Waals surface area contributed by atoms with Gasteiger partial charge in [-0.05, 0) is 84.2 Å². The summed E-state index contributed by atoms with van der Waals surface area (Å²) in [6, 6.07) is 7.34. The third-order valence-electron chi connectivity index (χ3n) is 9.30. The minimum Gasteiger partial charge on any atom is -0.474 e. The van der Waals surface area contributed by atoms with Gasteiger partial charge < -0.3 is 29.7 Å². The van der Waals surface area contributed by atoms with E-state index < -0.39 is 11.6 Å². The number of piperazine rings is 1. The van der Waals surface area contributed by atoms with Crippen LogP contribution in [-0.4, -0.2) is 124 Å². The van der Waals surface area contributed by atoms with Crippen LogP contribution in [0, 0.1) is 5.82 Å². The Morgan fingerprint density at radius 1 is 0.979 bits per heavy atom. The van der Waals surface area contributed by atoms with Crippen LogP contribution in [0.25, 0.3) is 0 Å². The molecule has 1 unspecified atom stereocenters. The second-order valence-corrected chi connectivity index (χ2v) is 14.6. The van der Waals surface area contributed by atoms with Crippen LogP contribution in [0.3, 0.4) is 0 Å².